The third-order valence-corrected chi connectivity index (χ3v) is 3.16. The van der Waals surface area contributed by atoms with E-state index in [4.69, 9.17) is 21.1 Å². The van der Waals surface area contributed by atoms with Crippen LogP contribution in [0.2, 0.25) is 5.02 Å². The first-order valence-electron chi connectivity index (χ1n) is 7.05. The van der Waals surface area contributed by atoms with E-state index in [2.05, 4.69) is 5.32 Å². The molecule has 0 aliphatic carbocycles. The highest BCUT2D eigenvalue weighted by molar-refractivity contribution is 6.32. The van der Waals surface area contributed by atoms with Gasteiger partial charge >= 0.3 is 0 Å². The quantitative estimate of drug-likeness (QED) is 0.770. The van der Waals surface area contributed by atoms with E-state index in [1.165, 1.54) is 18.1 Å². The highest BCUT2D eigenvalue weighted by atomic mass is 35.5. The van der Waals surface area contributed by atoms with Gasteiger partial charge in [-0.25, -0.2) is 0 Å². The van der Waals surface area contributed by atoms with Crippen molar-refractivity contribution in [3.8, 4) is 11.5 Å². The Balaban J connectivity index is 2.78. The van der Waals surface area contributed by atoms with Crippen LogP contribution in [0.25, 0.3) is 6.08 Å². The van der Waals surface area contributed by atoms with Crippen molar-refractivity contribution in [3.63, 3.8) is 0 Å². The molecule has 126 valence electrons. The van der Waals surface area contributed by atoms with Crippen LogP contribution in [0.15, 0.2) is 18.2 Å². The number of rotatable bonds is 7. The van der Waals surface area contributed by atoms with E-state index in [-0.39, 0.29) is 18.4 Å². The second kappa shape index (κ2) is 9.05. The Hall–Kier alpha value is -2.21. The Morgan fingerprint density at radius 1 is 1.35 bits per heavy atom. The van der Waals surface area contributed by atoms with Gasteiger partial charge in [0.25, 0.3) is 0 Å². The van der Waals surface area contributed by atoms with Crippen molar-refractivity contribution in [1.29, 1.82) is 0 Å². The van der Waals surface area contributed by atoms with Gasteiger partial charge in [-0.2, -0.15) is 0 Å². The summed E-state index contributed by atoms with van der Waals surface area (Å²) < 4.78 is 10.7. The van der Waals surface area contributed by atoms with E-state index < -0.39 is 0 Å². The second-order valence-electron chi connectivity index (χ2n) is 4.81. The summed E-state index contributed by atoms with van der Waals surface area (Å²) in [7, 11) is 4.76. The molecule has 6 nitrogen and oxygen atoms in total. The van der Waals surface area contributed by atoms with Gasteiger partial charge in [-0.1, -0.05) is 11.6 Å². The fourth-order valence-corrected chi connectivity index (χ4v) is 1.95. The molecule has 0 spiro atoms. The van der Waals surface area contributed by atoms with E-state index in [1.54, 1.807) is 32.3 Å². The molecular weight excluding hydrogens is 320 g/mol. The van der Waals surface area contributed by atoms with E-state index in [0.717, 1.165) is 0 Å². The maximum absolute atomic E-state index is 11.7. The molecule has 2 amide bonds. The first-order chi connectivity index (χ1) is 10.9. The normalized spacial score (nSPS) is 10.5. The van der Waals surface area contributed by atoms with Crippen LogP contribution in [0.4, 0.5) is 0 Å². The van der Waals surface area contributed by atoms with Crippen LogP contribution >= 0.6 is 11.6 Å². The average molecular weight is 341 g/mol. The summed E-state index contributed by atoms with van der Waals surface area (Å²) in [6, 6.07) is 3.38. The van der Waals surface area contributed by atoms with E-state index >= 15 is 0 Å². The molecule has 0 atom stereocenters. The first-order valence-corrected chi connectivity index (χ1v) is 7.43. The summed E-state index contributed by atoms with van der Waals surface area (Å²) in [5.74, 6) is 0.402. The van der Waals surface area contributed by atoms with Gasteiger partial charge in [-0.15, -0.1) is 0 Å². The average Bonchev–Trinajstić information content (AvgIpc) is 2.52. The van der Waals surface area contributed by atoms with Crippen molar-refractivity contribution in [3.05, 3.63) is 28.8 Å². The Morgan fingerprint density at radius 3 is 2.61 bits per heavy atom. The van der Waals surface area contributed by atoms with Gasteiger partial charge in [0.2, 0.25) is 11.8 Å². The van der Waals surface area contributed by atoms with Crippen LogP contribution in [0.1, 0.15) is 12.5 Å². The number of methoxy groups -OCH3 is 1. The van der Waals surface area contributed by atoms with Gasteiger partial charge in [0.05, 0.1) is 25.3 Å². The minimum atomic E-state index is -0.371. The largest absolute Gasteiger partial charge is 0.493 e. The van der Waals surface area contributed by atoms with Crippen LogP contribution in [0.5, 0.6) is 11.5 Å². The number of nitrogens with one attached hydrogen (secondary N) is 1. The van der Waals surface area contributed by atoms with Crippen LogP contribution < -0.4 is 14.8 Å². The number of ether oxygens (including phenoxy) is 2. The smallest absolute Gasteiger partial charge is 0.244 e. The van der Waals surface area contributed by atoms with E-state index in [9.17, 15) is 9.59 Å². The molecule has 0 saturated heterocycles. The predicted octanol–water partition coefficient (Wildman–Crippen LogP) is 1.96. The van der Waals surface area contributed by atoms with E-state index in [0.29, 0.717) is 28.7 Å². The molecule has 0 heterocycles. The number of carbonyl (C=O) groups excluding carboxylic acids is 2. The number of benzene rings is 1. The standard InChI is InChI=1S/C16H21ClN2O4/c1-5-23-16-12(17)8-11(9-13(16)22-4)6-7-14(20)18-10-15(21)19(2)3/h6-9H,5,10H2,1-4H3,(H,18,20)/b7-6+. The van der Waals surface area contributed by atoms with Crippen molar-refractivity contribution >= 4 is 29.5 Å². The molecular formula is C16H21ClN2O4. The summed E-state index contributed by atoms with van der Waals surface area (Å²) in [6.45, 7) is 2.26. The lowest BCUT2D eigenvalue weighted by atomic mass is 10.2. The molecule has 1 aromatic rings. The molecule has 0 aliphatic heterocycles. The van der Waals surface area contributed by atoms with Crippen LogP contribution in [0.3, 0.4) is 0 Å². The second-order valence-corrected chi connectivity index (χ2v) is 5.21. The third-order valence-electron chi connectivity index (χ3n) is 2.88. The summed E-state index contributed by atoms with van der Waals surface area (Å²) in [4.78, 5) is 24.5. The fraction of sp³-hybridized carbons (Fsp3) is 0.375. The monoisotopic (exact) mass is 340 g/mol. The lowest BCUT2D eigenvalue weighted by Gasteiger charge is -2.12. The number of hydrogen-bond acceptors (Lipinski definition) is 4. The first kappa shape index (κ1) is 18.8. The van der Waals surface area contributed by atoms with Gasteiger partial charge in [-0.05, 0) is 30.7 Å². The highest BCUT2D eigenvalue weighted by Gasteiger charge is 2.11. The molecule has 0 radical (unpaired) electrons. The molecule has 7 heteroatoms. The zero-order valence-electron chi connectivity index (χ0n) is 13.7. The number of halogens is 1. The van der Waals surface area contributed by atoms with Gasteiger partial charge in [0.15, 0.2) is 11.5 Å². The Bertz CT molecular complexity index is 600. The van der Waals surface area contributed by atoms with Gasteiger partial charge in [0, 0.05) is 20.2 Å². The van der Waals surface area contributed by atoms with Crippen LogP contribution in [-0.4, -0.2) is 51.1 Å². The minimum Gasteiger partial charge on any atom is -0.493 e. The van der Waals surface area contributed by atoms with Gasteiger partial charge < -0.3 is 19.7 Å². The maximum Gasteiger partial charge on any atom is 0.244 e. The maximum atomic E-state index is 11.7. The molecule has 23 heavy (non-hydrogen) atoms. The van der Waals surface area contributed by atoms with Crippen LogP contribution in [-0.2, 0) is 9.59 Å². The number of likely N-dealkylation sites (N-methyl/N-ethyl adjacent to an activating group) is 1. The van der Waals surface area contributed by atoms with Crippen molar-refractivity contribution < 1.29 is 19.1 Å². The van der Waals surface area contributed by atoms with Gasteiger partial charge in [-0.3, -0.25) is 9.59 Å². The highest BCUT2D eigenvalue weighted by Crippen LogP contribution is 2.36. The Labute approximate surface area is 141 Å². The zero-order valence-corrected chi connectivity index (χ0v) is 14.4. The lowest BCUT2D eigenvalue weighted by molar-refractivity contribution is -0.129. The summed E-state index contributed by atoms with van der Waals surface area (Å²) >= 11 is 6.16. The molecule has 0 bridgehead atoms. The van der Waals surface area contributed by atoms with E-state index in [1.807, 2.05) is 6.92 Å². The molecule has 1 rings (SSSR count). The topological polar surface area (TPSA) is 67.9 Å². The molecule has 1 N–H and O–H groups in total. The Morgan fingerprint density at radius 2 is 2.04 bits per heavy atom. The van der Waals surface area contributed by atoms with Crippen molar-refractivity contribution in [1.82, 2.24) is 10.2 Å². The summed E-state index contributed by atoms with van der Waals surface area (Å²) in [6.07, 6.45) is 2.91. The lowest BCUT2D eigenvalue weighted by Crippen LogP contribution is -2.35. The number of carbonyl (C=O) groups is 2. The molecule has 0 unspecified atom stereocenters. The van der Waals surface area contributed by atoms with Gasteiger partial charge in [0.1, 0.15) is 0 Å². The Kier molecular flexibility index (Phi) is 7.41. The molecule has 0 fully saturated rings. The molecule has 0 saturated carbocycles. The van der Waals surface area contributed by atoms with Crippen molar-refractivity contribution in [2.45, 2.75) is 6.92 Å². The minimum absolute atomic E-state index is 0.0521. The third kappa shape index (κ3) is 5.83. The SMILES string of the molecule is CCOc1c(Cl)cc(/C=C/C(=O)NCC(=O)N(C)C)cc1OC. The number of nitrogens with zero attached hydrogens (tertiary/aromatic N) is 1. The number of amides is 2. The number of hydrogen-bond donors (Lipinski definition) is 1. The fourth-order valence-electron chi connectivity index (χ4n) is 1.67. The molecule has 1 aromatic carbocycles. The molecule has 0 aromatic heterocycles. The van der Waals surface area contributed by atoms with Crippen molar-refractivity contribution in [2.24, 2.45) is 0 Å². The predicted molar refractivity (Wildman–Crippen MR) is 89.9 cm³/mol. The van der Waals surface area contributed by atoms with Crippen molar-refractivity contribution in [2.75, 3.05) is 34.4 Å². The van der Waals surface area contributed by atoms with Crippen LogP contribution in [0, 0.1) is 0 Å². The summed E-state index contributed by atoms with van der Waals surface area (Å²) in [5.41, 5.74) is 0.685. The zero-order chi connectivity index (χ0) is 17.4. The molecule has 0 aliphatic rings. The summed E-state index contributed by atoms with van der Waals surface area (Å²) in [5, 5.41) is 2.90.